The summed E-state index contributed by atoms with van der Waals surface area (Å²) >= 11 is 0. The summed E-state index contributed by atoms with van der Waals surface area (Å²) in [6, 6.07) is 0. The topological polar surface area (TPSA) is 78.9 Å². The van der Waals surface area contributed by atoms with Gasteiger partial charge in [-0.05, 0) is 77.0 Å². The van der Waals surface area contributed by atoms with Crippen LogP contribution in [0.5, 0.6) is 0 Å². The first-order chi connectivity index (χ1) is 35.0. The number of allylic oxidation sites excluding steroid dienone is 8. The van der Waals surface area contributed by atoms with Gasteiger partial charge in [-0.15, -0.1) is 0 Å². The van der Waals surface area contributed by atoms with E-state index in [2.05, 4.69) is 69.4 Å². The van der Waals surface area contributed by atoms with Crippen LogP contribution in [0.3, 0.4) is 0 Å². The molecule has 0 aromatic rings. The Bertz CT molecular complexity index is 1230. The minimum atomic E-state index is -0.801. The molecule has 0 saturated carbocycles. The summed E-state index contributed by atoms with van der Waals surface area (Å²) in [5.74, 6) is -0.936. The van der Waals surface area contributed by atoms with Gasteiger partial charge in [-0.2, -0.15) is 0 Å². The van der Waals surface area contributed by atoms with Gasteiger partial charge < -0.3 is 14.2 Å². The molecule has 0 unspecified atom stereocenters. The summed E-state index contributed by atoms with van der Waals surface area (Å²) in [7, 11) is 0. The summed E-state index contributed by atoms with van der Waals surface area (Å²) in [5.41, 5.74) is 0. The van der Waals surface area contributed by atoms with Crippen LogP contribution in [0.2, 0.25) is 0 Å². The van der Waals surface area contributed by atoms with E-state index >= 15 is 0 Å². The van der Waals surface area contributed by atoms with E-state index in [0.29, 0.717) is 19.3 Å². The van der Waals surface area contributed by atoms with Gasteiger partial charge >= 0.3 is 17.9 Å². The molecule has 0 fully saturated rings. The number of hydrogen-bond donors (Lipinski definition) is 0. The number of ether oxygens (including phenoxy) is 3. The lowest BCUT2D eigenvalue weighted by molar-refractivity contribution is -0.167. The lowest BCUT2D eigenvalue weighted by Gasteiger charge is -2.18. The molecule has 0 aliphatic carbocycles. The first kappa shape index (κ1) is 68.4. The number of unbranched alkanes of at least 4 members (excludes halogenated alkanes) is 38. The average Bonchev–Trinajstić information content (AvgIpc) is 3.37. The Morgan fingerprint density at radius 2 is 0.521 bits per heavy atom. The summed E-state index contributed by atoms with van der Waals surface area (Å²) in [5, 5.41) is 0. The first-order valence-corrected chi connectivity index (χ1v) is 31.1. The highest BCUT2D eigenvalue weighted by Gasteiger charge is 2.19. The van der Waals surface area contributed by atoms with Crippen molar-refractivity contribution in [3.05, 3.63) is 48.6 Å². The smallest absolute Gasteiger partial charge is 0.306 e. The molecular formula is C65H118O6. The highest BCUT2D eigenvalue weighted by Crippen LogP contribution is 2.17. The molecule has 0 aromatic carbocycles. The number of carbonyl (C=O) groups is 3. The zero-order chi connectivity index (χ0) is 51.4. The minimum Gasteiger partial charge on any atom is -0.462 e. The zero-order valence-electron chi connectivity index (χ0n) is 47.5. The van der Waals surface area contributed by atoms with Gasteiger partial charge in [0.25, 0.3) is 0 Å². The molecule has 0 aliphatic heterocycles. The Labute approximate surface area is 441 Å². The van der Waals surface area contributed by atoms with Gasteiger partial charge in [0.1, 0.15) is 13.2 Å². The maximum Gasteiger partial charge on any atom is 0.306 e. The van der Waals surface area contributed by atoms with Crippen LogP contribution in [0, 0.1) is 0 Å². The fourth-order valence-corrected chi connectivity index (χ4v) is 9.10. The van der Waals surface area contributed by atoms with Crippen LogP contribution < -0.4 is 0 Å². The van der Waals surface area contributed by atoms with Crippen LogP contribution in [-0.2, 0) is 28.6 Å². The summed E-state index contributed by atoms with van der Waals surface area (Å²) in [6.07, 6.45) is 74.1. The third-order valence-corrected chi connectivity index (χ3v) is 13.8. The molecule has 0 spiro atoms. The van der Waals surface area contributed by atoms with E-state index in [1.54, 1.807) is 0 Å². The molecular weight excluding hydrogens is 877 g/mol. The van der Waals surface area contributed by atoms with Crippen LogP contribution in [-0.4, -0.2) is 37.2 Å². The molecule has 0 aliphatic rings. The van der Waals surface area contributed by atoms with Gasteiger partial charge in [0, 0.05) is 19.3 Å². The molecule has 0 N–H and O–H groups in total. The molecule has 6 nitrogen and oxygen atoms in total. The maximum absolute atomic E-state index is 12.9. The molecule has 0 heterocycles. The van der Waals surface area contributed by atoms with Crippen molar-refractivity contribution in [3.8, 4) is 0 Å². The van der Waals surface area contributed by atoms with E-state index in [1.807, 2.05) is 0 Å². The van der Waals surface area contributed by atoms with Crippen molar-refractivity contribution in [3.63, 3.8) is 0 Å². The molecule has 71 heavy (non-hydrogen) atoms. The second kappa shape index (κ2) is 59.9. The van der Waals surface area contributed by atoms with E-state index in [1.165, 1.54) is 218 Å². The number of rotatable bonds is 57. The van der Waals surface area contributed by atoms with Crippen molar-refractivity contribution in [2.45, 2.75) is 335 Å². The Hall–Kier alpha value is -2.63. The highest BCUT2D eigenvalue weighted by atomic mass is 16.6. The van der Waals surface area contributed by atoms with Crippen molar-refractivity contribution in [1.29, 1.82) is 0 Å². The average molecular weight is 996 g/mol. The van der Waals surface area contributed by atoms with Gasteiger partial charge in [0.15, 0.2) is 6.10 Å². The van der Waals surface area contributed by atoms with E-state index in [4.69, 9.17) is 14.2 Å². The molecule has 0 bridgehead atoms. The molecule has 0 amide bonds. The molecule has 414 valence electrons. The largest absolute Gasteiger partial charge is 0.462 e. The van der Waals surface area contributed by atoms with Crippen molar-refractivity contribution in [1.82, 2.24) is 0 Å². The minimum absolute atomic E-state index is 0.0923. The number of esters is 3. The van der Waals surface area contributed by atoms with Gasteiger partial charge in [-0.3, -0.25) is 14.4 Å². The Kier molecular flexibility index (Phi) is 57.7. The lowest BCUT2D eigenvalue weighted by atomic mass is 10.0. The number of carbonyl (C=O) groups excluding carboxylic acids is 3. The second-order valence-corrected chi connectivity index (χ2v) is 21.0. The second-order valence-electron chi connectivity index (χ2n) is 21.0. The van der Waals surface area contributed by atoms with Crippen LogP contribution in [0.4, 0.5) is 0 Å². The van der Waals surface area contributed by atoms with E-state index in [9.17, 15) is 14.4 Å². The van der Waals surface area contributed by atoms with Crippen molar-refractivity contribution in [2.75, 3.05) is 13.2 Å². The molecule has 0 aromatic heterocycles. The van der Waals surface area contributed by atoms with E-state index in [0.717, 1.165) is 64.2 Å². The predicted molar refractivity (Wildman–Crippen MR) is 307 cm³/mol. The van der Waals surface area contributed by atoms with E-state index in [-0.39, 0.29) is 37.5 Å². The SMILES string of the molecule is CCCCCCCC/C=C\C/C=C\C/C=C\CCCC(=O)O[C@H](COC(=O)CCCCCCC/C=C\CCCCCCCC)COC(=O)CCCCCCCCCCCCCCCCCCCCCCC. The Morgan fingerprint density at radius 3 is 0.845 bits per heavy atom. The van der Waals surface area contributed by atoms with Gasteiger partial charge in [-0.25, -0.2) is 0 Å². The lowest BCUT2D eigenvalue weighted by Crippen LogP contribution is -2.30. The molecule has 0 saturated heterocycles. The third-order valence-electron chi connectivity index (χ3n) is 13.8. The standard InChI is InChI=1S/C65H118O6/c1-4-7-10-13-16-19-22-25-28-30-31-32-33-35-37-40-43-46-49-52-55-58-64(67)70-61-62(60-69-63(66)57-54-51-48-45-42-39-36-27-24-21-18-15-12-9-6-3)71-65(68)59-56-53-50-47-44-41-38-34-29-26-23-20-17-14-11-8-5-2/h26-27,29,36,38,41,47,50,62H,4-25,28,30-35,37,39-40,42-46,48-49,51-61H2,1-3H3/b29-26-,36-27-,41-38-,50-47-/t62-/m1/s1. The summed E-state index contributed by atoms with van der Waals surface area (Å²) in [6.45, 7) is 6.63. The first-order valence-electron chi connectivity index (χ1n) is 31.1. The number of hydrogen-bond acceptors (Lipinski definition) is 6. The van der Waals surface area contributed by atoms with Gasteiger partial charge in [0.05, 0.1) is 0 Å². The fraction of sp³-hybridized carbons (Fsp3) is 0.831. The Balaban J connectivity index is 4.38. The quantitative estimate of drug-likeness (QED) is 0.0261. The molecule has 0 rings (SSSR count). The monoisotopic (exact) mass is 995 g/mol. The van der Waals surface area contributed by atoms with Crippen LogP contribution in [0.25, 0.3) is 0 Å². The molecule has 1 atom stereocenters. The molecule has 6 heteroatoms. The van der Waals surface area contributed by atoms with Crippen molar-refractivity contribution < 1.29 is 28.6 Å². The van der Waals surface area contributed by atoms with Crippen LogP contribution >= 0.6 is 0 Å². The third kappa shape index (κ3) is 58.1. The zero-order valence-corrected chi connectivity index (χ0v) is 47.5. The van der Waals surface area contributed by atoms with Crippen molar-refractivity contribution >= 4 is 17.9 Å². The van der Waals surface area contributed by atoms with Crippen LogP contribution in [0.15, 0.2) is 48.6 Å². The van der Waals surface area contributed by atoms with Gasteiger partial charge in [0.2, 0.25) is 0 Å². The predicted octanol–water partition coefficient (Wildman–Crippen LogP) is 21.0. The summed E-state index contributed by atoms with van der Waals surface area (Å²) in [4.78, 5) is 38.2. The fourth-order valence-electron chi connectivity index (χ4n) is 9.10. The van der Waals surface area contributed by atoms with Gasteiger partial charge in [-0.1, -0.05) is 281 Å². The van der Waals surface area contributed by atoms with Crippen LogP contribution in [0.1, 0.15) is 329 Å². The Morgan fingerprint density at radius 1 is 0.282 bits per heavy atom. The maximum atomic E-state index is 12.9. The highest BCUT2D eigenvalue weighted by molar-refractivity contribution is 5.71. The normalized spacial score (nSPS) is 12.3. The van der Waals surface area contributed by atoms with Crippen molar-refractivity contribution in [2.24, 2.45) is 0 Å². The summed E-state index contributed by atoms with van der Waals surface area (Å²) < 4.78 is 16.9. The molecule has 0 radical (unpaired) electrons. The van der Waals surface area contributed by atoms with E-state index < -0.39 is 6.10 Å².